The Kier molecular flexibility index (Phi) is 7.16. The van der Waals surface area contributed by atoms with Crippen molar-refractivity contribution < 1.29 is 22.4 Å². The van der Waals surface area contributed by atoms with Gasteiger partial charge in [0.05, 0.1) is 6.54 Å². The summed E-state index contributed by atoms with van der Waals surface area (Å²) in [6, 6.07) is 15.2. The summed E-state index contributed by atoms with van der Waals surface area (Å²) >= 11 is 0. The van der Waals surface area contributed by atoms with Gasteiger partial charge in [0, 0.05) is 35.5 Å². The van der Waals surface area contributed by atoms with E-state index in [0.717, 1.165) is 36.2 Å². The third kappa shape index (κ3) is 6.41. The monoisotopic (exact) mass is 520 g/mol. The van der Waals surface area contributed by atoms with Gasteiger partial charge in [0.25, 0.3) is 5.89 Å². The van der Waals surface area contributed by atoms with Gasteiger partial charge in [0.1, 0.15) is 5.75 Å². The topological polar surface area (TPSA) is 91.8 Å². The van der Waals surface area contributed by atoms with E-state index in [0.29, 0.717) is 17.8 Å². The predicted molar refractivity (Wildman–Crippen MR) is 132 cm³/mol. The highest BCUT2D eigenvalue weighted by Crippen LogP contribution is 2.27. The highest BCUT2D eigenvalue weighted by Gasteiger charge is 2.31. The molecule has 0 atom stereocenters. The molecule has 0 saturated carbocycles. The highest BCUT2D eigenvalue weighted by atomic mass is 19.4. The summed E-state index contributed by atoms with van der Waals surface area (Å²) in [7, 11) is 0. The molecule has 38 heavy (non-hydrogen) atoms. The molecule has 0 amide bonds. The molecule has 0 unspecified atom stereocenters. The van der Waals surface area contributed by atoms with E-state index in [4.69, 9.17) is 4.52 Å². The Balaban J connectivity index is 1.23. The summed E-state index contributed by atoms with van der Waals surface area (Å²) in [6.07, 6.45) is 3.49. The minimum Gasteiger partial charge on any atom is -0.406 e. The van der Waals surface area contributed by atoms with Crippen LogP contribution in [0.5, 0.6) is 5.75 Å². The van der Waals surface area contributed by atoms with Crippen LogP contribution < -0.4 is 4.74 Å². The molecule has 0 saturated heterocycles. The Bertz CT molecular complexity index is 1500. The molecule has 5 rings (SSSR count). The fourth-order valence-corrected chi connectivity index (χ4v) is 3.98. The van der Waals surface area contributed by atoms with Crippen molar-refractivity contribution in [1.82, 2.24) is 29.9 Å². The summed E-state index contributed by atoms with van der Waals surface area (Å²) in [5.41, 5.74) is 5.25. The van der Waals surface area contributed by atoms with Crippen molar-refractivity contribution >= 4 is 0 Å². The van der Waals surface area contributed by atoms with Crippen LogP contribution in [0.25, 0.3) is 23.0 Å². The predicted octanol–water partition coefficient (Wildman–Crippen LogP) is 5.82. The summed E-state index contributed by atoms with van der Waals surface area (Å²) < 4.78 is 48.3. The van der Waals surface area contributed by atoms with Gasteiger partial charge in [-0.15, -0.1) is 13.2 Å². The molecule has 0 aliphatic carbocycles. The highest BCUT2D eigenvalue weighted by molar-refractivity contribution is 5.59. The molecule has 0 N–H and O–H groups in total. The van der Waals surface area contributed by atoms with E-state index in [9.17, 15) is 13.2 Å². The Morgan fingerprint density at radius 1 is 0.921 bits per heavy atom. The summed E-state index contributed by atoms with van der Waals surface area (Å²) in [5.74, 6) is 0.118. The van der Waals surface area contributed by atoms with Crippen molar-refractivity contribution in [2.45, 2.75) is 39.1 Å². The lowest BCUT2D eigenvalue weighted by molar-refractivity contribution is -0.274. The Morgan fingerprint density at radius 3 is 2.45 bits per heavy atom. The molecule has 11 heteroatoms. The van der Waals surface area contributed by atoms with E-state index in [-0.39, 0.29) is 17.5 Å². The smallest absolute Gasteiger partial charge is 0.406 e. The van der Waals surface area contributed by atoms with Crippen LogP contribution in [0.4, 0.5) is 13.2 Å². The second kappa shape index (κ2) is 10.8. The molecule has 0 fully saturated rings. The maximum absolute atomic E-state index is 12.4. The first-order valence-electron chi connectivity index (χ1n) is 11.9. The van der Waals surface area contributed by atoms with Crippen molar-refractivity contribution in [1.29, 1.82) is 0 Å². The lowest BCUT2D eigenvalue weighted by atomic mass is 10.1. The van der Waals surface area contributed by atoms with Crippen molar-refractivity contribution in [3.63, 3.8) is 0 Å². The minimum atomic E-state index is -4.75. The fourth-order valence-electron chi connectivity index (χ4n) is 3.98. The zero-order chi connectivity index (χ0) is 26.5. The van der Waals surface area contributed by atoms with Crippen molar-refractivity contribution in [3.8, 4) is 28.7 Å². The maximum Gasteiger partial charge on any atom is 0.573 e. The number of halogens is 3. The van der Waals surface area contributed by atoms with Gasteiger partial charge in [-0.25, -0.2) is 0 Å². The molecule has 194 valence electrons. The average molecular weight is 521 g/mol. The molecular formula is C27H23F3N6O2. The Labute approximate surface area is 216 Å². The van der Waals surface area contributed by atoms with Gasteiger partial charge in [-0.05, 0) is 91.9 Å². The number of ether oxygens (including phenoxy) is 1. The van der Waals surface area contributed by atoms with E-state index in [1.807, 2.05) is 42.1 Å². The fraction of sp³-hybridized carbons (Fsp3) is 0.222. The van der Waals surface area contributed by atoms with Gasteiger partial charge in [-0.2, -0.15) is 10.1 Å². The van der Waals surface area contributed by atoms with Crippen LogP contribution in [-0.2, 0) is 19.4 Å². The van der Waals surface area contributed by atoms with Crippen LogP contribution in [0.15, 0.2) is 77.7 Å². The van der Waals surface area contributed by atoms with Crippen molar-refractivity contribution in [3.05, 3.63) is 95.7 Å². The Morgan fingerprint density at radius 2 is 1.68 bits per heavy atom. The SMILES string of the molecule is Cc1cc(-c2nc(-c3ccc(OC(F)(F)F)cc3)no2)nn1Cc1ccnc(CCCc2ccncc2)c1. The van der Waals surface area contributed by atoms with Gasteiger partial charge in [-0.1, -0.05) is 5.16 Å². The molecule has 5 aromatic rings. The first-order valence-corrected chi connectivity index (χ1v) is 11.9. The van der Waals surface area contributed by atoms with Crippen molar-refractivity contribution in [2.75, 3.05) is 0 Å². The van der Waals surface area contributed by atoms with Gasteiger partial charge in [0.15, 0.2) is 5.69 Å². The van der Waals surface area contributed by atoms with Gasteiger partial charge in [-0.3, -0.25) is 14.6 Å². The third-order valence-electron chi connectivity index (χ3n) is 5.83. The van der Waals surface area contributed by atoms with E-state index in [2.05, 4.69) is 36.0 Å². The zero-order valence-corrected chi connectivity index (χ0v) is 20.4. The number of benzene rings is 1. The molecule has 0 aliphatic heterocycles. The average Bonchev–Trinajstić information content (AvgIpc) is 3.52. The van der Waals surface area contributed by atoms with Gasteiger partial charge in [0.2, 0.25) is 5.82 Å². The molecule has 8 nitrogen and oxygen atoms in total. The normalized spacial score (nSPS) is 11.6. The lowest BCUT2D eigenvalue weighted by Crippen LogP contribution is -2.16. The summed E-state index contributed by atoms with van der Waals surface area (Å²) in [6.45, 7) is 2.48. The molecule has 0 spiro atoms. The second-order valence-corrected chi connectivity index (χ2v) is 8.69. The molecule has 0 radical (unpaired) electrons. The van der Waals surface area contributed by atoms with Crippen LogP contribution in [0.3, 0.4) is 0 Å². The number of hydrogen-bond donors (Lipinski definition) is 0. The first-order chi connectivity index (χ1) is 18.3. The number of aromatic nitrogens is 6. The zero-order valence-electron chi connectivity index (χ0n) is 20.4. The van der Waals surface area contributed by atoms with Crippen LogP contribution in [0.2, 0.25) is 0 Å². The molecule has 0 aliphatic rings. The van der Waals surface area contributed by atoms with E-state index in [1.165, 1.54) is 29.8 Å². The van der Waals surface area contributed by atoms with Gasteiger partial charge >= 0.3 is 6.36 Å². The Hall–Kier alpha value is -4.54. The summed E-state index contributed by atoms with van der Waals surface area (Å²) in [4.78, 5) is 12.9. The molecule has 4 aromatic heterocycles. The largest absolute Gasteiger partial charge is 0.573 e. The van der Waals surface area contributed by atoms with Crippen molar-refractivity contribution in [2.24, 2.45) is 0 Å². The molecular weight excluding hydrogens is 497 g/mol. The third-order valence-corrected chi connectivity index (χ3v) is 5.83. The molecule has 4 heterocycles. The van der Waals surface area contributed by atoms with Crippen LogP contribution >= 0.6 is 0 Å². The second-order valence-electron chi connectivity index (χ2n) is 8.69. The number of alkyl halides is 3. The summed E-state index contributed by atoms with van der Waals surface area (Å²) in [5, 5.41) is 8.56. The number of hydrogen-bond acceptors (Lipinski definition) is 7. The maximum atomic E-state index is 12.4. The number of pyridine rings is 2. The van der Waals surface area contributed by atoms with Crippen LogP contribution in [0.1, 0.15) is 28.9 Å². The molecule has 1 aromatic carbocycles. The minimum absolute atomic E-state index is 0.212. The van der Waals surface area contributed by atoms with Crippen LogP contribution in [0, 0.1) is 6.92 Å². The van der Waals surface area contributed by atoms with E-state index < -0.39 is 6.36 Å². The number of nitrogens with zero attached hydrogens (tertiary/aromatic N) is 6. The number of rotatable bonds is 9. The lowest BCUT2D eigenvalue weighted by Gasteiger charge is -2.08. The standard InChI is InChI=1S/C27H23F3N6O2/c1-18-15-24(26-33-25(35-38-26)21-5-7-23(8-6-21)37-27(28,29)30)34-36(18)17-20-11-14-32-22(16-20)4-2-3-19-9-12-31-13-10-19/h5-16H,2-4,17H2,1H3. The molecule has 0 bridgehead atoms. The van der Waals surface area contributed by atoms with E-state index >= 15 is 0 Å². The van der Waals surface area contributed by atoms with E-state index in [1.54, 1.807) is 12.4 Å². The van der Waals surface area contributed by atoms with Crippen LogP contribution in [-0.4, -0.2) is 36.3 Å². The number of aryl methyl sites for hydroxylation is 3. The first kappa shape index (κ1) is 25.1. The van der Waals surface area contributed by atoms with Gasteiger partial charge < -0.3 is 9.26 Å². The quantitative estimate of drug-likeness (QED) is 0.242.